The number of carbonyl (C=O) groups excluding carboxylic acids is 1. The van der Waals surface area contributed by atoms with Crippen LogP contribution in [0.25, 0.3) is 0 Å². The standard InChI is InChI=1S/C10H14O2/c1-8(2)4-3-5-9-6-10(11)12-7-9/h4,7H,3,5-6H2,1-2H3. The molecule has 0 spiro atoms. The van der Waals surface area contributed by atoms with Crippen molar-refractivity contribution in [3.63, 3.8) is 0 Å². The summed E-state index contributed by atoms with van der Waals surface area (Å²) in [5.74, 6) is -0.123. The molecule has 0 aliphatic carbocycles. The van der Waals surface area contributed by atoms with Crippen LogP contribution in [0, 0.1) is 0 Å². The first-order valence-corrected chi connectivity index (χ1v) is 4.19. The molecular formula is C10H14O2. The van der Waals surface area contributed by atoms with Gasteiger partial charge in [0, 0.05) is 0 Å². The maximum absolute atomic E-state index is 10.7. The van der Waals surface area contributed by atoms with Crippen molar-refractivity contribution >= 4 is 5.97 Å². The van der Waals surface area contributed by atoms with Gasteiger partial charge < -0.3 is 4.74 Å². The molecule has 1 aliphatic rings. The molecule has 66 valence electrons. The summed E-state index contributed by atoms with van der Waals surface area (Å²) in [6.45, 7) is 4.15. The Labute approximate surface area is 72.9 Å². The molecule has 2 nitrogen and oxygen atoms in total. The van der Waals surface area contributed by atoms with Gasteiger partial charge in [-0.05, 0) is 32.3 Å². The van der Waals surface area contributed by atoms with Gasteiger partial charge in [0.05, 0.1) is 12.7 Å². The van der Waals surface area contributed by atoms with Crippen LogP contribution in [0.2, 0.25) is 0 Å². The van der Waals surface area contributed by atoms with Crippen LogP contribution in [0.4, 0.5) is 0 Å². The van der Waals surface area contributed by atoms with Gasteiger partial charge in [0.25, 0.3) is 0 Å². The van der Waals surface area contributed by atoms with Crippen LogP contribution in [0.1, 0.15) is 33.1 Å². The zero-order chi connectivity index (χ0) is 8.97. The van der Waals surface area contributed by atoms with Crippen LogP contribution in [0.5, 0.6) is 0 Å². The molecule has 0 amide bonds. The average molecular weight is 166 g/mol. The highest BCUT2D eigenvalue weighted by atomic mass is 16.5. The highest BCUT2D eigenvalue weighted by Gasteiger charge is 2.13. The van der Waals surface area contributed by atoms with E-state index in [-0.39, 0.29) is 5.97 Å². The lowest BCUT2D eigenvalue weighted by molar-refractivity contribution is -0.135. The van der Waals surface area contributed by atoms with E-state index in [1.54, 1.807) is 6.26 Å². The fraction of sp³-hybridized carbons (Fsp3) is 0.500. The summed E-state index contributed by atoms with van der Waals surface area (Å²) in [5, 5.41) is 0. The van der Waals surface area contributed by atoms with Crippen LogP contribution in [-0.2, 0) is 9.53 Å². The molecule has 1 aliphatic heterocycles. The Kier molecular flexibility index (Phi) is 3.09. The van der Waals surface area contributed by atoms with Crippen LogP contribution >= 0.6 is 0 Å². The quantitative estimate of drug-likeness (QED) is 0.475. The van der Waals surface area contributed by atoms with Crippen molar-refractivity contribution in [2.24, 2.45) is 0 Å². The van der Waals surface area contributed by atoms with Gasteiger partial charge in [-0.2, -0.15) is 0 Å². The Morgan fingerprint density at radius 2 is 2.42 bits per heavy atom. The van der Waals surface area contributed by atoms with Gasteiger partial charge in [0.1, 0.15) is 0 Å². The fourth-order valence-electron chi connectivity index (χ4n) is 1.11. The summed E-state index contributed by atoms with van der Waals surface area (Å²) in [6.07, 6.45) is 6.18. The van der Waals surface area contributed by atoms with Gasteiger partial charge >= 0.3 is 5.97 Å². The van der Waals surface area contributed by atoms with Crippen molar-refractivity contribution in [1.82, 2.24) is 0 Å². The number of hydrogen-bond acceptors (Lipinski definition) is 2. The van der Waals surface area contributed by atoms with Gasteiger partial charge in [0.2, 0.25) is 0 Å². The smallest absolute Gasteiger partial charge is 0.314 e. The molecule has 2 heteroatoms. The molecule has 12 heavy (non-hydrogen) atoms. The lowest BCUT2D eigenvalue weighted by atomic mass is 10.1. The van der Waals surface area contributed by atoms with Crippen LogP contribution in [0.15, 0.2) is 23.5 Å². The fourth-order valence-corrected chi connectivity index (χ4v) is 1.11. The molecule has 0 fully saturated rings. The Bertz CT molecular complexity index is 232. The second-order valence-corrected chi connectivity index (χ2v) is 3.26. The van der Waals surface area contributed by atoms with Crippen LogP contribution in [-0.4, -0.2) is 5.97 Å². The first-order chi connectivity index (χ1) is 5.68. The highest BCUT2D eigenvalue weighted by Crippen LogP contribution is 2.17. The van der Waals surface area contributed by atoms with E-state index in [0.29, 0.717) is 6.42 Å². The molecule has 0 unspecified atom stereocenters. The molecule has 0 atom stereocenters. The van der Waals surface area contributed by atoms with E-state index in [9.17, 15) is 4.79 Å². The third-order valence-corrected chi connectivity index (χ3v) is 1.75. The molecule has 1 heterocycles. The minimum Gasteiger partial charge on any atom is -0.434 e. The lowest BCUT2D eigenvalue weighted by Crippen LogP contribution is -1.90. The van der Waals surface area contributed by atoms with Crippen molar-refractivity contribution < 1.29 is 9.53 Å². The summed E-state index contributed by atoms with van der Waals surface area (Å²) >= 11 is 0. The SMILES string of the molecule is CC(C)=CCCC1=COC(=O)C1. The molecule has 0 radical (unpaired) electrons. The summed E-state index contributed by atoms with van der Waals surface area (Å²) < 4.78 is 4.70. The molecule has 0 saturated carbocycles. The average Bonchev–Trinajstić information content (AvgIpc) is 2.35. The van der Waals surface area contributed by atoms with Gasteiger partial charge in [-0.3, -0.25) is 4.79 Å². The normalized spacial score (nSPS) is 15.5. The minimum atomic E-state index is -0.123. The van der Waals surface area contributed by atoms with E-state index in [1.165, 1.54) is 5.57 Å². The first-order valence-electron chi connectivity index (χ1n) is 4.19. The Morgan fingerprint density at radius 3 is 2.92 bits per heavy atom. The Balaban J connectivity index is 2.25. The molecule has 0 aromatic rings. The van der Waals surface area contributed by atoms with E-state index < -0.39 is 0 Å². The van der Waals surface area contributed by atoms with Crippen LogP contribution < -0.4 is 0 Å². The second-order valence-electron chi connectivity index (χ2n) is 3.26. The Hall–Kier alpha value is -1.05. The summed E-state index contributed by atoms with van der Waals surface area (Å²) in [5.41, 5.74) is 2.43. The second kappa shape index (κ2) is 4.10. The van der Waals surface area contributed by atoms with Crippen molar-refractivity contribution in [3.05, 3.63) is 23.5 Å². The van der Waals surface area contributed by atoms with Crippen molar-refractivity contribution in [2.75, 3.05) is 0 Å². The van der Waals surface area contributed by atoms with Gasteiger partial charge in [-0.25, -0.2) is 0 Å². The highest BCUT2D eigenvalue weighted by molar-refractivity contribution is 5.75. The third kappa shape index (κ3) is 2.91. The molecule has 0 saturated heterocycles. The van der Waals surface area contributed by atoms with E-state index in [1.807, 2.05) is 0 Å². The monoisotopic (exact) mass is 166 g/mol. The van der Waals surface area contributed by atoms with E-state index in [4.69, 9.17) is 4.74 Å². The maximum atomic E-state index is 10.7. The summed E-state index contributed by atoms with van der Waals surface area (Å²) in [4.78, 5) is 10.7. The zero-order valence-corrected chi connectivity index (χ0v) is 7.59. The number of carbonyl (C=O) groups is 1. The van der Waals surface area contributed by atoms with E-state index in [0.717, 1.165) is 18.4 Å². The number of rotatable bonds is 3. The Morgan fingerprint density at radius 1 is 1.67 bits per heavy atom. The number of ether oxygens (including phenoxy) is 1. The first kappa shape index (κ1) is 9.04. The summed E-state index contributed by atoms with van der Waals surface area (Å²) in [6, 6.07) is 0. The predicted octanol–water partition coefficient (Wildman–Crippen LogP) is 2.56. The van der Waals surface area contributed by atoms with E-state index in [2.05, 4.69) is 19.9 Å². The largest absolute Gasteiger partial charge is 0.434 e. The summed E-state index contributed by atoms with van der Waals surface area (Å²) in [7, 11) is 0. The van der Waals surface area contributed by atoms with Crippen molar-refractivity contribution in [1.29, 1.82) is 0 Å². The number of cyclic esters (lactones) is 1. The van der Waals surface area contributed by atoms with Gasteiger partial charge in [-0.15, -0.1) is 0 Å². The topological polar surface area (TPSA) is 26.3 Å². The molecule has 0 bridgehead atoms. The van der Waals surface area contributed by atoms with Gasteiger partial charge in [-0.1, -0.05) is 11.6 Å². The number of hydrogen-bond donors (Lipinski definition) is 0. The van der Waals surface area contributed by atoms with Crippen LogP contribution in [0.3, 0.4) is 0 Å². The van der Waals surface area contributed by atoms with Crippen molar-refractivity contribution in [3.8, 4) is 0 Å². The zero-order valence-electron chi connectivity index (χ0n) is 7.59. The minimum absolute atomic E-state index is 0.123. The molecule has 1 rings (SSSR count). The number of esters is 1. The molecule has 0 N–H and O–H groups in total. The van der Waals surface area contributed by atoms with Gasteiger partial charge in [0.15, 0.2) is 0 Å². The maximum Gasteiger partial charge on any atom is 0.314 e. The molecule has 0 aromatic heterocycles. The predicted molar refractivity (Wildman–Crippen MR) is 47.5 cm³/mol. The van der Waals surface area contributed by atoms with Crippen molar-refractivity contribution in [2.45, 2.75) is 33.1 Å². The third-order valence-electron chi connectivity index (χ3n) is 1.75. The number of allylic oxidation sites excluding steroid dienone is 2. The lowest BCUT2D eigenvalue weighted by Gasteiger charge is -1.94. The molecular weight excluding hydrogens is 152 g/mol. The molecule has 0 aromatic carbocycles. The van der Waals surface area contributed by atoms with E-state index >= 15 is 0 Å².